The number of ether oxygens (including phenoxy) is 2. The predicted octanol–water partition coefficient (Wildman–Crippen LogP) is 3.33. The van der Waals surface area contributed by atoms with E-state index >= 15 is 0 Å². The van der Waals surface area contributed by atoms with Gasteiger partial charge in [0, 0.05) is 19.1 Å². The van der Waals surface area contributed by atoms with Crippen molar-refractivity contribution < 1.29 is 23.1 Å². The van der Waals surface area contributed by atoms with Crippen molar-refractivity contribution in [3.63, 3.8) is 0 Å². The van der Waals surface area contributed by atoms with Crippen LogP contribution < -0.4 is 14.8 Å². The normalized spacial score (nSPS) is 12.0. The van der Waals surface area contributed by atoms with Gasteiger partial charge in [0.2, 0.25) is 11.8 Å². The lowest BCUT2D eigenvalue weighted by Crippen LogP contribution is -2.35. The Hall–Kier alpha value is -3.16. The average Bonchev–Trinajstić information content (AvgIpc) is 3.02. The van der Waals surface area contributed by atoms with E-state index in [1.54, 1.807) is 25.1 Å². The van der Waals surface area contributed by atoms with Gasteiger partial charge >= 0.3 is 0 Å². The smallest absolute Gasteiger partial charge is 0.249 e. The van der Waals surface area contributed by atoms with Crippen LogP contribution in [0.4, 0.5) is 4.39 Å². The first-order valence-electron chi connectivity index (χ1n) is 8.55. The number of fused-ring (bicyclic) bond motifs is 1. The van der Waals surface area contributed by atoms with Crippen molar-refractivity contribution >= 4 is 17.0 Å². The second kappa shape index (κ2) is 8.03. The van der Waals surface area contributed by atoms with Crippen LogP contribution in [0.5, 0.6) is 11.5 Å². The van der Waals surface area contributed by atoms with Gasteiger partial charge in [0.15, 0.2) is 17.1 Å². The molecule has 3 rings (SSSR count). The van der Waals surface area contributed by atoms with Crippen molar-refractivity contribution in [3.8, 4) is 23.1 Å². The number of oxazole rings is 1. The molecule has 1 N–H and O–H groups in total. The van der Waals surface area contributed by atoms with Crippen molar-refractivity contribution in [2.45, 2.75) is 26.8 Å². The minimum absolute atomic E-state index is 0.00795. The molecule has 3 aromatic rings. The molecule has 0 spiro atoms. The molecule has 142 valence electrons. The second-order valence-electron chi connectivity index (χ2n) is 6.00. The molecule has 0 radical (unpaired) electrons. The molecule has 0 bridgehead atoms. The fourth-order valence-electron chi connectivity index (χ4n) is 2.53. The van der Waals surface area contributed by atoms with Crippen LogP contribution in [0.1, 0.15) is 20.8 Å². The summed E-state index contributed by atoms with van der Waals surface area (Å²) in [5, 5.41) is 2.68. The lowest BCUT2D eigenvalue weighted by Gasteiger charge is -2.13. The topological polar surface area (TPSA) is 86.5 Å². The highest BCUT2D eigenvalue weighted by Crippen LogP contribution is 2.28. The molecule has 1 aromatic carbocycles. The molecule has 2 heterocycles. The molecule has 0 fully saturated rings. The summed E-state index contributed by atoms with van der Waals surface area (Å²) < 4.78 is 31.0. The van der Waals surface area contributed by atoms with Gasteiger partial charge in [0.25, 0.3) is 0 Å². The van der Waals surface area contributed by atoms with Crippen molar-refractivity contribution in [2.24, 2.45) is 0 Å². The molecular weight excluding hydrogens is 353 g/mol. The SMILES string of the molecule is CCOc1ccc2nc(-c3ncc(OCC(C)NC(C)=O)cc3F)oc2c1. The van der Waals surface area contributed by atoms with Crippen LogP contribution >= 0.6 is 0 Å². The number of amides is 1. The summed E-state index contributed by atoms with van der Waals surface area (Å²) >= 11 is 0. The summed E-state index contributed by atoms with van der Waals surface area (Å²) in [5.74, 6) is 0.209. The highest BCUT2D eigenvalue weighted by atomic mass is 19.1. The molecule has 1 unspecified atom stereocenters. The third kappa shape index (κ3) is 4.52. The molecular formula is C19H20FN3O4. The van der Waals surface area contributed by atoms with Gasteiger partial charge in [-0.2, -0.15) is 0 Å². The summed E-state index contributed by atoms with van der Waals surface area (Å²) in [4.78, 5) is 19.3. The van der Waals surface area contributed by atoms with E-state index in [4.69, 9.17) is 13.9 Å². The number of aromatic nitrogens is 2. The first kappa shape index (κ1) is 18.6. The van der Waals surface area contributed by atoms with Crippen molar-refractivity contribution in [1.82, 2.24) is 15.3 Å². The number of benzene rings is 1. The van der Waals surface area contributed by atoms with Crippen LogP contribution in [0.15, 0.2) is 34.9 Å². The highest BCUT2D eigenvalue weighted by Gasteiger charge is 2.16. The first-order chi connectivity index (χ1) is 13.0. The number of rotatable bonds is 7. The zero-order chi connectivity index (χ0) is 19.4. The van der Waals surface area contributed by atoms with Gasteiger partial charge < -0.3 is 19.2 Å². The van der Waals surface area contributed by atoms with E-state index in [9.17, 15) is 9.18 Å². The van der Waals surface area contributed by atoms with Gasteiger partial charge in [0.1, 0.15) is 23.6 Å². The van der Waals surface area contributed by atoms with E-state index in [-0.39, 0.29) is 35.9 Å². The summed E-state index contributed by atoms with van der Waals surface area (Å²) in [6, 6.07) is 6.22. The molecule has 7 nitrogen and oxygen atoms in total. The summed E-state index contributed by atoms with van der Waals surface area (Å²) in [6.07, 6.45) is 1.39. The van der Waals surface area contributed by atoms with Crippen LogP contribution in [-0.2, 0) is 4.79 Å². The molecule has 1 amide bonds. The number of carbonyl (C=O) groups excluding carboxylic acids is 1. The van der Waals surface area contributed by atoms with Crippen molar-refractivity contribution in [2.75, 3.05) is 13.2 Å². The number of carbonyl (C=O) groups is 1. The monoisotopic (exact) mass is 373 g/mol. The Labute approximate surface area is 155 Å². The fourth-order valence-corrected chi connectivity index (χ4v) is 2.53. The minimum atomic E-state index is -0.615. The van der Waals surface area contributed by atoms with E-state index in [2.05, 4.69) is 15.3 Å². The van der Waals surface area contributed by atoms with Crippen LogP contribution in [-0.4, -0.2) is 35.1 Å². The predicted molar refractivity (Wildman–Crippen MR) is 97.1 cm³/mol. The Bertz CT molecular complexity index is 957. The third-order valence-electron chi connectivity index (χ3n) is 3.64. The molecule has 1 atom stereocenters. The van der Waals surface area contributed by atoms with E-state index in [0.717, 1.165) is 0 Å². The number of nitrogens with one attached hydrogen (secondary N) is 1. The van der Waals surface area contributed by atoms with Crippen LogP contribution in [0.3, 0.4) is 0 Å². The molecule has 0 aliphatic carbocycles. The Kier molecular flexibility index (Phi) is 5.54. The third-order valence-corrected chi connectivity index (χ3v) is 3.64. The zero-order valence-corrected chi connectivity index (χ0v) is 15.3. The lowest BCUT2D eigenvalue weighted by atomic mass is 10.3. The van der Waals surface area contributed by atoms with E-state index in [0.29, 0.717) is 23.5 Å². The van der Waals surface area contributed by atoms with Gasteiger partial charge in [0.05, 0.1) is 18.8 Å². The standard InChI is InChI=1S/C19H20FN3O4/c1-4-25-13-5-6-16-17(8-13)27-19(23-16)18-15(20)7-14(9-21-18)26-10-11(2)22-12(3)24/h5-9,11H,4,10H2,1-3H3,(H,22,24). The maximum absolute atomic E-state index is 14.5. The minimum Gasteiger partial charge on any atom is -0.494 e. The van der Waals surface area contributed by atoms with Crippen LogP contribution in [0, 0.1) is 5.82 Å². The Morgan fingerprint density at radius 1 is 1.30 bits per heavy atom. The van der Waals surface area contributed by atoms with Gasteiger partial charge in [-0.15, -0.1) is 0 Å². The molecule has 0 aliphatic rings. The molecule has 0 aliphatic heterocycles. The fraction of sp³-hybridized carbons (Fsp3) is 0.316. The van der Waals surface area contributed by atoms with E-state index in [1.165, 1.54) is 19.2 Å². The Morgan fingerprint density at radius 2 is 2.11 bits per heavy atom. The molecule has 0 saturated carbocycles. The van der Waals surface area contributed by atoms with E-state index in [1.807, 2.05) is 6.92 Å². The molecule has 8 heteroatoms. The van der Waals surface area contributed by atoms with Crippen LogP contribution in [0.2, 0.25) is 0 Å². The molecule has 0 saturated heterocycles. The highest BCUT2D eigenvalue weighted by molar-refractivity contribution is 5.77. The van der Waals surface area contributed by atoms with Gasteiger partial charge in [-0.25, -0.2) is 14.4 Å². The summed E-state index contributed by atoms with van der Waals surface area (Å²) in [7, 11) is 0. The second-order valence-corrected chi connectivity index (χ2v) is 6.00. The summed E-state index contributed by atoms with van der Waals surface area (Å²) in [5.41, 5.74) is 1.06. The van der Waals surface area contributed by atoms with Crippen molar-refractivity contribution in [1.29, 1.82) is 0 Å². The Morgan fingerprint density at radius 3 is 2.81 bits per heavy atom. The number of pyridine rings is 1. The number of halogens is 1. The maximum Gasteiger partial charge on any atom is 0.249 e. The maximum atomic E-state index is 14.5. The van der Waals surface area contributed by atoms with Crippen molar-refractivity contribution in [3.05, 3.63) is 36.3 Å². The Balaban J connectivity index is 1.77. The van der Waals surface area contributed by atoms with Gasteiger partial charge in [-0.3, -0.25) is 4.79 Å². The van der Waals surface area contributed by atoms with Gasteiger partial charge in [-0.05, 0) is 26.0 Å². The average molecular weight is 373 g/mol. The lowest BCUT2D eigenvalue weighted by molar-refractivity contribution is -0.119. The molecule has 27 heavy (non-hydrogen) atoms. The molecule has 2 aromatic heterocycles. The van der Waals surface area contributed by atoms with E-state index < -0.39 is 5.82 Å². The number of hydrogen-bond donors (Lipinski definition) is 1. The first-order valence-corrected chi connectivity index (χ1v) is 8.55. The number of nitrogens with zero attached hydrogens (tertiary/aromatic N) is 2. The summed E-state index contributed by atoms with van der Waals surface area (Å²) in [6.45, 7) is 5.82. The van der Waals surface area contributed by atoms with Gasteiger partial charge in [-0.1, -0.05) is 0 Å². The zero-order valence-electron chi connectivity index (χ0n) is 15.3. The van der Waals surface area contributed by atoms with Crippen LogP contribution in [0.25, 0.3) is 22.7 Å². The number of hydrogen-bond acceptors (Lipinski definition) is 6. The quantitative estimate of drug-likeness (QED) is 0.684. The largest absolute Gasteiger partial charge is 0.494 e.